The summed E-state index contributed by atoms with van der Waals surface area (Å²) in [5, 5.41) is 2.69. The van der Waals surface area contributed by atoms with Crippen LogP contribution in [0.15, 0.2) is 54.6 Å². The van der Waals surface area contributed by atoms with Crippen molar-refractivity contribution in [2.75, 3.05) is 0 Å². The molecule has 1 N–H and O–H groups in total. The molecule has 0 heterocycles. The lowest BCUT2D eigenvalue weighted by Gasteiger charge is -2.34. The fourth-order valence-electron chi connectivity index (χ4n) is 2.76. The lowest BCUT2D eigenvalue weighted by molar-refractivity contribution is -0.150. The van der Waals surface area contributed by atoms with E-state index in [0.717, 1.165) is 5.56 Å². The maximum Gasteiger partial charge on any atom is 0.238 e. The Labute approximate surface area is 160 Å². The van der Waals surface area contributed by atoms with Gasteiger partial charge in [0.05, 0.1) is 0 Å². The monoisotopic (exact) mass is 370 g/mol. The smallest absolute Gasteiger partial charge is 0.238 e. The molecule has 0 bridgehead atoms. The van der Waals surface area contributed by atoms with Gasteiger partial charge in [0.15, 0.2) is 0 Å². The lowest BCUT2D eigenvalue weighted by Crippen LogP contribution is -2.51. The molecule has 4 nitrogen and oxygen atoms in total. The molecule has 0 unspecified atom stereocenters. The summed E-state index contributed by atoms with van der Waals surface area (Å²) < 4.78 is 13.7. The van der Waals surface area contributed by atoms with Gasteiger partial charge in [-0.25, -0.2) is 4.39 Å². The molecule has 0 spiro atoms. The molecule has 0 aliphatic heterocycles. The topological polar surface area (TPSA) is 49.4 Å². The second-order valence-corrected chi connectivity index (χ2v) is 7.41. The Hall–Kier alpha value is -2.69. The minimum Gasteiger partial charge on any atom is -0.351 e. The van der Waals surface area contributed by atoms with Gasteiger partial charge in [0, 0.05) is 24.7 Å². The van der Waals surface area contributed by atoms with Gasteiger partial charge in [0.2, 0.25) is 11.8 Å². The lowest BCUT2D eigenvalue weighted by atomic mass is 9.89. The number of rotatable bonds is 7. The average Bonchev–Trinajstić information content (AvgIpc) is 2.65. The number of nitrogens with one attached hydrogen (secondary N) is 1. The summed E-state index contributed by atoms with van der Waals surface area (Å²) in [6, 6.07) is 15.9. The van der Waals surface area contributed by atoms with Crippen LogP contribution in [-0.2, 0) is 22.7 Å². The quantitative estimate of drug-likeness (QED) is 0.752. The molecular weight excluding hydrogens is 343 g/mol. The molecule has 0 aromatic heterocycles. The molecule has 2 aromatic carbocycles. The van der Waals surface area contributed by atoms with Gasteiger partial charge in [0.25, 0.3) is 0 Å². The number of carbonyl (C=O) groups is 2. The van der Waals surface area contributed by atoms with Crippen LogP contribution < -0.4 is 5.32 Å². The fourth-order valence-corrected chi connectivity index (χ4v) is 2.76. The summed E-state index contributed by atoms with van der Waals surface area (Å²) in [5.74, 6) is -1.06. The highest BCUT2D eigenvalue weighted by molar-refractivity contribution is 6.04. The van der Waals surface area contributed by atoms with Crippen molar-refractivity contribution in [1.82, 2.24) is 10.2 Å². The minimum atomic E-state index is -1.26. The van der Waals surface area contributed by atoms with Crippen molar-refractivity contribution in [1.29, 1.82) is 0 Å². The van der Waals surface area contributed by atoms with Crippen molar-refractivity contribution in [3.8, 4) is 0 Å². The summed E-state index contributed by atoms with van der Waals surface area (Å²) in [7, 11) is 0. The summed E-state index contributed by atoms with van der Waals surface area (Å²) in [4.78, 5) is 27.5. The summed E-state index contributed by atoms with van der Waals surface area (Å²) >= 11 is 0. The molecule has 0 aliphatic carbocycles. The van der Waals surface area contributed by atoms with E-state index >= 15 is 0 Å². The highest BCUT2D eigenvalue weighted by Crippen LogP contribution is 2.23. The largest absolute Gasteiger partial charge is 0.351 e. The Morgan fingerprint density at radius 3 is 2.22 bits per heavy atom. The number of nitrogens with zero attached hydrogens (tertiary/aromatic N) is 1. The zero-order chi connectivity index (χ0) is 20.0. The van der Waals surface area contributed by atoms with Gasteiger partial charge in [-0.1, -0.05) is 48.5 Å². The molecule has 0 atom stereocenters. The normalized spacial score (nSPS) is 11.3. The predicted molar refractivity (Wildman–Crippen MR) is 104 cm³/mol. The SMILES string of the molecule is CC(C)N(Cc1ccccc1)C(=O)C(C)(C)C(=O)NCc1ccccc1F. The molecule has 2 amide bonds. The first-order chi connectivity index (χ1) is 12.7. The van der Waals surface area contributed by atoms with Crippen LogP contribution >= 0.6 is 0 Å². The van der Waals surface area contributed by atoms with Gasteiger partial charge in [-0.2, -0.15) is 0 Å². The molecule has 0 saturated carbocycles. The van der Waals surface area contributed by atoms with Crippen LogP contribution in [-0.4, -0.2) is 22.8 Å². The zero-order valence-electron chi connectivity index (χ0n) is 16.3. The second kappa shape index (κ2) is 8.80. The molecule has 0 saturated heterocycles. The van der Waals surface area contributed by atoms with Gasteiger partial charge in [-0.3, -0.25) is 9.59 Å². The van der Waals surface area contributed by atoms with E-state index in [9.17, 15) is 14.0 Å². The van der Waals surface area contributed by atoms with Crippen molar-refractivity contribution >= 4 is 11.8 Å². The van der Waals surface area contributed by atoms with Crippen LogP contribution in [0.5, 0.6) is 0 Å². The van der Waals surface area contributed by atoms with Crippen molar-refractivity contribution in [3.63, 3.8) is 0 Å². The Kier molecular flexibility index (Phi) is 6.72. The van der Waals surface area contributed by atoms with Crippen LogP contribution in [0, 0.1) is 11.2 Å². The van der Waals surface area contributed by atoms with Crippen LogP contribution in [0.4, 0.5) is 4.39 Å². The van der Waals surface area contributed by atoms with E-state index in [4.69, 9.17) is 0 Å². The zero-order valence-corrected chi connectivity index (χ0v) is 16.3. The number of benzene rings is 2. The molecular formula is C22H27FN2O2. The molecule has 144 valence electrons. The van der Waals surface area contributed by atoms with Gasteiger partial charge in [-0.15, -0.1) is 0 Å². The summed E-state index contributed by atoms with van der Waals surface area (Å²) in [6.45, 7) is 7.53. The van der Waals surface area contributed by atoms with Crippen LogP contribution in [0.1, 0.15) is 38.8 Å². The number of carbonyl (C=O) groups excluding carboxylic acids is 2. The van der Waals surface area contributed by atoms with E-state index in [2.05, 4.69) is 5.32 Å². The van der Waals surface area contributed by atoms with Crippen molar-refractivity contribution in [2.45, 2.75) is 46.8 Å². The van der Waals surface area contributed by atoms with E-state index in [-0.39, 0.29) is 24.3 Å². The van der Waals surface area contributed by atoms with Crippen molar-refractivity contribution in [3.05, 3.63) is 71.5 Å². The first-order valence-corrected chi connectivity index (χ1v) is 9.10. The van der Waals surface area contributed by atoms with Crippen molar-refractivity contribution in [2.24, 2.45) is 5.41 Å². The molecule has 0 radical (unpaired) electrons. The van der Waals surface area contributed by atoms with Gasteiger partial charge in [0.1, 0.15) is 11.2 Å². The standard InChI is InChI=1S/C22H27FN2O2/c1-16(2)25(15-17-10-6-5-7-11-17)21(27)22(3,4)20(26)24-14-18-12-8-9-13-19(18)23/h5-13,16H,14-15H2,1-4H3,(H,24,26). The number of amides is 2. The number of hydrogen-bond acceptors (Lipinski definition) is 2. The van der Waals surface area contributed by atoms with E-state index in [1.807, 2.05) is 44.2 Å². The first-order valence-electron chi connectivity index (χ1n) is 9.10. The number of halogens is 1. The third-order valence-electron chi connectivity index (χ3n) is 4.58. The van der Waals surface area contributed by atoms with E-state index in [1.54, 1.807) is 36.9 Å². The van der Waals surface area contributed by atoms with E-state index < -0.39 is 11.3 Å². The Balaban J connectivity index is 2.10. The maximum atomic E-state index is 13.7. The van der Waals surface area contributed by atoms with Crippen LogP contribution in [0.2, 0.25) is 0 Å². The van der Waals surface area contributed by atoms with Crippen LogP contribution in [0.3, 0.4) is 0 Å². The molecule has 27 heavy (non-hydrogen) atoms. The molecule has 5 heteroatoms. The Bertz CT molecular complexity index is 788. The molecule has 2 rings (SSSR count). The van der Waals surface area contributed by atoms with E-state index in [1.165, 1.54) is 6.07 Å². The minimum absolute atomic E-state index is 0.0442. The van der Waals surface area contributed by atoms with E-state index in [0.29, 0.717) is 12.1 Å². The maximum absolute atomic E-state index is 13.7. The van der Waals surface area contributed by atoms with Crippen LogP contribution in [0.25, 0.3) is 0 Å². The van der Waals surface area contributed by atoms with Gasteiger partial charge in [-0.05, 0) is 39.3 Å². The Morgan fingerprint density at radius 1 is 1.04 bits per heavy atom. The predicted octanol–water partition coefficient (Wildman–Crippen LogP) is 3.91. The Morgan fingerprint density at radius 2 is 1.63 bits per heavy atom. The first kappa shape index (κ1) is 20.6. The third kappa shape index (κ3) is 5.16. The fraction of sp³-hybridized carbons (Fsp3) is 0.364. The van der Waals surface area contributed by atoms with Gasteiger partial charge >= 0.3 is 0 Å². The average molecular weight is 370 g/mol. The third-order valence-corrected chi connectivity index (χ3v) is 4.58. The van der Waals surface area contributed by atoms with Crippen molar-refractivity contribution < 1.29 is 14.0 Å². The highest BCUT2D eigenvalue weighted by Gasteiger charge is 2.39. The molecule has 0 aliphatic rings. The highest BCUT2D eigenvalue weighted by atomic mass is 19.1. The molecule has 2 aromatic rings. The summed E-state index contributed by atoms with van der Waals surface area (Å²) in [6.07, 6.45) is 0. The second-order valence-electron chi connectivity index (χ2n) is 7.41. The number of hydrogen-bond donors (Lipinski definition) is 1. The van der Waals surface area contributed by atoms with Gasteiger partial charge < -0.3 is 10.2 Å². The summed E-state index contributed by atoms with van der Waals surface area (Å²) in [5.41, 5.74) is 0.130. The molecule has 0 fully saturated rings.